The van der Waals surface area contributed by atoms with E-state index >= 15 is 0 Å². The molecule has 0 radical (unpaired) electrons. The Morgan fingerprint density at radius 1 is 1.62 bits per heavy atom. The summed E-state index contributed by atoms with van der Waals surface area (Å²) in [6.45, 7) is 3.29. The van der Waals surface area contributed by atoms with Gasteiger partial charge in [-0.05, 0) is 18.3 Å². The van der Waals surface area contributed by atoms with Crippen LogP contribution in [0.2, 0.25) is 0 Å². The Balaban J connectivity index is 1.85. The minimum atomic E-state index is 0.367. The smallest absolute Gasteiger partial charge is 0.233 e. The molecule has 5 heteroatoms. The molecule has 1 heterocycles. The second-order valence-electron chi connectivity index (χ2n) is 3.98. The predicted molar refractivity (Wildman–Crippen MR) is 54.8 cm³/mol. The van der Waals surface area contributed by atoms with Crippen LogP contribution in [0, 0.1) is 5.41 Å². The molecule has 0 spiro atoms. The van der Waals surface area contributed by atoms with Gasteiger partial charge < -0.3 is 11.1 Å². The SMILES string of the molecule is CC1(CNc2nc(N)ns2)CCC1. The number of hydrogen-bond donors (Lipinski definition) is 2. The maximum Gasteiger partial charge on any atom is 0.233 e. The molecule has 0 aliphatic heterocycles. The molecule has 0 aromatic carbocycles. The highest BCUT2D eigenvalue weighted by molar-refractivity contribution is 7.09. The number of anilines is 2. The first-order valence-electron chi connectivity index (χ1n) is 4.51. The fourth-order valence-corrected chi connectivity index (χ4v) is 2.04. The van der Waals surface area contributed by atoms with Gasteiger partial charge in [-0.3, -0.25) is 0 Å². The van der Waals surface area contributed by atoms with Crippen molar-refractivity contribution in [2.24, 2.45) is 5.41 Å². The van der Waals surface area contributed by atoms with Crippen LogP contribution in [0.1, 0.15) is 26.2 Å². The molecule has 0 atom stereocenters. The summed E-state index contributed by atoms with van der Waals surface area (Å²) >= 11 is 1.33. The molecule has 1 aromatic rings. The Morgan fingerprint density at radius 2 is 2.38 bits per heavy atom. The standard InChI is InChI=1S/C8H14N4S/c1-8(3-2-4-8)5-10-7-11-6(9)12-13-7/h2-5H2,1H3,(H3,9,10,11,12). The van der Waals surface area contributed by atoms with Gasteiger partial charge in [0.25, 0.3) is 0 Å². The largest absolute Gasteiger partial charge is 0.367 e. The Bertz CT molecular complexity index is 292. The maximum atomic E-state index is 5.41. The highest BCUT2D eigenvalue weighted by Gasteiger charge is 2.31. The van der Waals surface area contributed by atoms with E-state index in [-0.39, 0.29) is 0 Å². The Kier molecular flexibility index (Phi) is 2.11. The summed E-state index contributed by atoms with van der Waals surface area (Å²) in [6, 6.07) is 0. The fraction of sp³-hybridized carbons (Fsp3) is 0.750. The van der Waals surface area contributed by atoms with Gasteiger partial charge in [0.1, 0.15) is 0 Å². The van der Waals surface area contributed by atoms with Crippen molar-refractivity contribution < 1.29 is 0 Å². The molecule has 72 valence electrons. The van der Waals surface area contributed by atoms with E-state index in [9.17, 15) is 0 Å². The zero-order chi connectivity index (χ0) is 9.31. The van der Waals surface area contributed by atoms with Crippen LogP contribution >= 0.6 is 11.5 Å². The number of hydrogen-bond acceptors (Lipinski definition) is 5. The van der Waals surface area contributed by atoms with Gasteiger partial charge in [0.05, 0.1) is 0 Å². The summed E-state index contributed by atoms with van der Waals surface area (Å²) in [7, 11) is 0. The monoisotopic (exact) mass is 198 g/mol. The number of nitrogens with one attached hydrogen (secondary N) is 1. The van der Waals surface area contributed by atoms with Gasteiger partial charge in [0.2, 0.25) is 11.1 Å². The second-order valence-corrected chi connectivity index (χ2v) is 4.73. The molecule has 13 heavy (non-hydrogen) atoms. The van der Waals surface area contributed by atoms with E-state index in [1.165, 1.54) is 30.8 Å². The number of nitrogens with zero attached hydrogens (tertiary/aromatic N) is 2. The molecular weight excluding hydrogens is 184 g/mol. The van der Waals surface area contributed by atoms with Crippen LogP contribution in [0.5, 0.6) is 0 Å². The first-order chi connectivity index (χ1) is 6.18. The first kappa shape index (κ1) is 8.74. The highest BCUT2D eigenvalue weighted by Crippen LogP contribution is 2.40. The van der Waals surface area contributed by atoms with Gasteiger partial charge in [-0.2, -0.15) is 9.36 Å². The van der Waals surface area contributed by atoms with Crippen LogP contribution in [-0.4, -0.2) is 15.9 Å². The molecule has 1 aliphatic carbocycles. The number of aromatic nitrogens is 2. The zero-order valence-corrected chi connectivity index (χ0v) is 8.52. The summed E-state index contributed by atoms with van der Waals surface area (Å²) in [4.78, 5) is 4.05. The Morgan fingerprint density at radius 3 is 2.85 bits per heavy atom. The summed E-state index contributed by atoms with van der Waals surface area (Å²) in [5, 5.41) is 4.11. The van der Waals surface area contributed by atoms with Crippen LogP contribution in [0.3, 0.4) is 0 Å². The van der Waals surface area contributed by atoms with Crippen molar-refractivity contribution in [3.05, 3.63) is 0 Å². The molecule has 0 unspecified atom stereocenters. The number of nitrogen functional groups attached to an aromatic ring is 1. The van der Waals surface area contributed by atoms with Crippen LogP contribution < -0.4 is 11.1 Å². The van der Waals surface area contributed by atoms with Gasteiger partial charge in [-0.25, -0.2) is 0 Å². The van der Waals surface area contributed by atoms with Gasteiger partial charge in [-0.1, -0.05) is 13.3 Å². The Hall–Kier alpha value is -0.840. The lowest BCUT2D eigenvalue weighted by atomic mass is 9.70. The molecule has 3 N–H and O–H groups in total. The summed E-state index contributed by atoms with van der Waals surface area (Å²) in [6.07, 6.45) is 3.99. The molecule has 1 aliphatic rings. The van der Waals surface area contributed by atoms with Gasteiger partial charge in [0, 0.05) is 18.1 Å². The summed E-state index contributed by atoms with van der Waals surface area (Å²) < 4.78 is 3.91. The molecule has 1 fully saturated rings. The predicted octanol–water partition coefficient (Wildman–Crippen LogP) is 1.72. The molecule has 2 rings (SSSR count). The molecule has 1 aromatic heterocycles. The zero-order valence-electron chi connectivity index (χ0n) is 7.71. The van der Waals surface area contributed by atoms with Crippen molar-refractivity contribution in [1.82, 2.24) is 9.36 Å². The first-order valence-corrected chi connectivity index (χ1v) is 5.28. The molecular formula is C8H14N4S. The molecule has 0 amide bonds. The fourth-order valence-electron chi connectivity index (χ4n) is 1.55. The lowest BCUT2D eigenvalue weighted by Gasteiger charge is -2.38. The molecule has 0 saturated heterocycles. The van der Waals surface area contributed by atoms with Crippen LogP contribution in [0.25, 0.3) is 0 Å². The van der Waals surface area contributed by atoms with Crippen LogP contribution in [-0.2, 0) is 0 Å². The van der Waals surface area contributed by atoms with Crippen molar-refractivity contribution in [2.45, 2.75) is 26.2 Å². The van der Waals surface area contributed by atoms with Crippen molar-refractivity contribution in [1.29, 1.82) is 0 Å². The lowest BCUT2D eigenvalue weighted by Crippen LogP contribution is -2.33. The molecule has 0 bridgehead atoms. The lowest BCUT2D eigenvalue weighted by molar-refractivity contribution is 0.180. The van der Waals surface area contributed by atoms with Crippen LogP contribution in [0.15, 0.2) is 0 Å². The average Bonchev–Trinajstić information content (AvgIpc) is 2.44. The Labute approximate surface area is 81.7 Å². The van der Waals surface area contributed by atoms with E-state index in [0.29, 0.717) is 11.4 Å². The third kappa shape index (κ3) is 1.91. The van der Waals surface area contributed by atoms with E-state index in [1.807, 2.05) is 0 Å². The quantitative estimate of drug-likeness (QED) is 0.776. The van der Waals surface area contributed by atoms with E-state index in [2.05, 4.69) is 21.6 Å². The second kappa shape index (κ2) is 3.14. The minimum Gasteiger partial charge on any atom is -0.367 e. The van der Waals surface area contributed by atoms with Crippen molar-refractivity contribution >= 4 is 22.6 Å². The van der Waals surface area contributed by atoms with Crippen LogP contribution in [0.4, 0.5) is 11.1 Å². The van der Waals surface area contributed by atoms with Crippen molar-refractivity contribution in [3.8, 4) is 0 Å². The average molecular weight is 198 g/mol. The highest BCUT2D eigenvalue weighted by atomic mass is 32.1. The number of rotatable bonds is 3. The van der Waals surface area contributed by atoms with Crippen molar-refractivity contribution in [2.75, 3.05) is 17.6 Å². The summed E-state index contributed by atoms with van der Waals surface area (Å²) in [5.41, 5.74) is 5.89. The minimum absolute atomic E-state index is 0.367. The van der Waals surface area contributed by atoms with E-state index < -0.39 is 0 Å². The van der Waals surface area contributed by atoms with E-state index in [1.54, 1.807) is 0 Å². The summed E-state index contributed by atoms with van der Waals surface area (Å²) in [5.74, 6) is 0.367. The van der Waals surface area contributed by atoms with Crippen molar-refractivity contribution in [3.63, 3.8) is 0 Å². The molecule has 4 nitrogen and oxygen atoms in total. The third-order valence-electron chi connectivity index (χ3n) is 2.67. The topological polar surface area (TPSA) is 63.8 Å². The maximum absolute atomic E-state index is 5.41. The van der Waals surface area contributed by atoms with Gasteiger partial charge >= 0.3 is 0 Å². The van der Waals surface area contributed by atoms with E-state index in [0.717, 1.165) is 11.7 Å². The van der Waals surface area contributed by atoms with Gasteiger partial charge in [0.15, 0.2) is 0 Å². The molecule has 1 saturated carbocycles. The third-order valence-corrected chi connectivity index (χ3v) is 3.36. The van der Waals surface area contributed by atoms with Gasteiger partial charge in [-0.15, -0.1) is 0 Å². The van der Waals surface area contributed by atoms with E-state index in [4.69, 9.17) is 5.73 Å². The normalized spacial score (nSPS) is 19.5. The number of nitrogens with two attached hydrogens (primary N) is 1.